The molecular weight excluding hydrogens is 372 g/mol. The molecule has 9 heteroatoms. The van der Waals surface area contributed by atoms with E-state index in [-0.39, 0.29) is 11.8 Å². The van der Waals surface area contributed by atoms with Crippen molar-refractivity contribution in [3.05, 3.63) is 12.1 Å². The second-order valence-corrected chi connectivity index (χ2v) is 7.15. The average Bonchev–Trinajstić information content (AvgIpc) is 3.51. The zero-order valence-electron chi connectivity index (χ0n) is 16.8. The molecule has 1 aromatic heterocycles. The van der Waals surface area contributed by atoms with E-state index >= 15 is 0 Å². The van der Waals surface area contributed by atoms with E-state index in [4.69, 9.17) is 11.2 Å². The Labute approximate surface area is 170 Å². The van der Waals surface area contributed by atoms with Crippen LogP contribution in [-0.4, -0.2) is 60.6 Å². The molecule has 2 aliphatic heterocycles. The highest BCUT2D eigenvalue weighted by atomic mass is 16.5. The van der Waals surface area contributed by atoms with E-state index in [9.17, 15) is 9.59 Å². The number of nitrogens with one attached hydrogen (secondary N) is 1. The minimum Gasteiger partial charge on any atom is -0.481 e. The number of amides is 2. The number of carbonyl (C=O) groups is 2. The van der Waals surface area contributed by atoms with Crippen LogP contribution in [0.25, 0.3) is 0 Å². The van der Waals surface area contributed by atoms with Crippen LogP contribution in [0, 0.1) is 12.3 Å². The number of pyridine rings is 1. The molecule has 0 atom stereocenters. The molecule has 0 spiro atoms. The summed E-state index contributed by atoms with van der Waals surface area (Å²) in [6, 6.07) is 3.50. The molecule has 1 N–H and O–H groups in total. The number of methoxy groups -OCH3 is 1. The lowest BCUT2D eigenvalue weighted by Gasteiger charge is -2.35. The minimum atomic E-state index is -0.478. The molecule has 0 unspecified atom stereocenters. The van der Waals surface area contributed by atoms with E-state index < -0.39 is 5.66 Å². The number of anilines is 2. The average molecular weight is 398 g/mol. The molecule has 3 rings (SSSR count). The third-order valence-electron chi connectivity index (χ3n) is 5.16. The van der Waals surface area contributed by atoms with Gasteiger partial charge in [-0.1, -0.05) is 0 Å². The standard InChI is InChI=1S/C20H26N6O3/c1-4-5-9-20(23-24-20)10-8-17(28)21-16-6-7-18(29-3)22-19(16)26-13-11-25(12-14-26)15(2)27/h1,6-7H,5,8-14H2,2-3H3,(H,21,28). The third-order valence-corrected chi connectivity index (χ3v) is 5.16. The van der Waals surface area contributed by atoms with Crippen LogP contribution in [0.3, 0.4) is 0 Å². The Morgan fingerprint density at radius 3 is 2.55 bits per heavy atom. The summed E-state index contributed by atoms with van der Waals surface area (Å²) in [5, 5.41) is 11.1. The summed E-state index contributed by atoms with van der Waals surface area (Å²) in [5.41, 5.74) is 0.141. The maximum absolute atomic E-state index is 12.5. The summed E-state index contributed by atoms with van der Waals surface area (Å²) in [5.74, 6) is 3.63. The van der Waals surface area contributed by atoms with Crippen LogP contribution in [0.4, 0.5) is 11.5 Å². The normalized spacial score (nSPS) is 16.9. The van der Waals surface area contributed by atoms with Gasteiger partial charge in [-0.15, -0.1) is 12.3 Å². The van der Waals surface area contributed by atoms with Crippen LogP contribution >= 0.6 is 0 Å². The fourth-order valence-electron chi connectivity index (χ4n) is 3.31. The number of terminal acetylenes is 1. The molecule has 0 bridgehead atoms. The first-order chi connectivity index (χ1) is 14.0. The van der Waals surface area contributed by atoms with Crippen LogP contribution in [0.5, 0.6) is 5.88 Å². The SMILES string of the molecule is C#CCCC1(CCC(=O)Nc2ccc(OC)nc2N2CCN(C(C)=O)CC2)N=N1. The number of hydrogen-bond acceptors (Lipinski definition) is 7. The second-order valence-electron chi connectivity index (χ2n) is 7.15. The summed E-state index contributed by atoms with van der Waals surface area (Å²) in [6.07, 6.45) is 7.40. The Bertz CT molecular complexity index is 833. The van der Waals surface area contributed by atoms with Crippen molar-refractivity contribution in [2.75, 3.05) is 43.5 Å². The Morgan fingerprint density at radius 2 is 1.97 bits per heavy atom. The van der Waals surface area contributed by atoms with Crippen molar-refractivity contribution in [2.45, 2.75) is 38.3 Å². The van der Waals surface area contributed by atoms with Crippen molar-refractivity contribution in [1.82, 2.24) is 9.88 Å². The van der Waals surface area contributed by atoms with Crippen molar-refractivity contribution in [3.63, 3.8) is 0 Å². The van der Waals surface area contributed by atoms with Crippen LogP contribution < -0.4 is 15.0 Å². The number of ether oxygens (including phenoxy) is 1. The van der Waals surface area contributed by atoms with Gasteiger partial charge in [0.15, 0.2) is 11.5 Å². The maximum Gasteiger partial charge on any atom is 0.224 e. The molecule has 2 amide bonds. The molecule has 1 fully saturated rings. The lowest BCUT2D eigenvalue weighted by Crippen LogP contribution is -2.48. The van der Waals surface area contributed by atoms with Gasteiger partial charge in [-0.3, -0.25) is 9.59 Å². The van der Waals surface area contributed by atoms with Gasteiger partial charge in [-0.05, 0) is 6.07 Å². The van der Waals surface area contributed by atoms with Crippen molar-refractivity contribution in [3.8, 4) is 18.2 Å². The largest absolute Gasteiger partial charge is 0.481 e. The van der Waals surface area contributed by atoms with Gasteiger partial charge in [0.2, 0.25) is 17.7 Å². The van der Waals surface area contributed by atoms with E-state index in [2.05, 4.69) is 31.3 Å². The van der Waals surface area contributed by atoms with Gasteiger partial charge in [-0.25, -0.2) is 0 Å². The number of hydrogen-bond donors (Lipinski definition) is 1. The van der Waals surface area contributed by atoms with Crippen molar-refractivity contribution in [1.29, 1.82) is 0 Å². The zero-order valence-corrected chi connectivity index (χ0v) is 16.8. The molecule has 0 aliphatic carbocycles. The van der Waals surface area contributed by atoms with E-state index in [1.54, 1.807) is 31.1 Å². The lowest BCUT2D eigenvalue weighted by atomic mass is 10.0. The first kappa shape index (κ1) is 20.6. The number of rotatable bonds is 8. The highest BCUT2D eigenvalue weighted by Gasteiger charge is 2.39. The molecule has 0 aromatic carbocycles. The highest BCUT2D eigenvalue weighted by Crippen LogP contribution is 2.37. The van der Waals surface area contributed by atoms with Gasteiger partial charge in [0.1, 0.15) is 0 Å². The fraction of sp³-hybridized carbons (Fsp3) is 0.550. The topological polar surface area (TPSA) is 99.5 Å². The molecule has 9 nitrogen and oxygen atoms in total. The summed E-state index contributed by atoms with van der Waals surface area (Å²) >= 11 is 0. The number of piperazine rings is 1. The number of carbonyl (C=O) groups excluding carboxylic acids is 2. The molecule has 3 heterocycles. The summed E-state index contributed by atoms with van der Waals surface area (Å²) in [6.45, 7) is 4.07. The monoisotopic (exact) mass is 398 g/mol. The first-order valence-corrected chi connectivity index (χ1v) is 9.69. The van der Waals surface area contributed by atoms with E-state index in [0.717, 1.165) is 0 Å². The van der Waals surface area contributed by atoms with Crippen molar-refractivity contribution in [2.24, 2.45) is 10.2 Å². The maximum atomic E-state index is 12.5. The van der Waals surface area contributed by atoms with Crippen LogP contribution in [-0.2, 0) is 9.59 Å². The fourth-order valence-corrected chi connectivity index (χ4v) is 3.31. The number of aromatic nitrogens is 1. The van der Waals surface area contributed by atoms with Gasteiger partial charge in [-0.2, -0.15) is 15.2 Å². The molecule has 1 saturated heterocycles. The molecule has 0 radical (unpaired) electrons. The van der Waals surface area contributed by atoms with Crippen LogP contribution in [0.1, 0.15) is 32.6 Å². The van der Waals surface area contributed by atoms with E-state index in [1.165, 1.54) is 0 Å². The second kappa shape index (κ2) is 8.90. The molecule has 154 valence electrons. The van der Waals surface area contributed by atoms with Crippen molar-refractivity contribution >= 4 is 23.3 Å². The summed E-state index contributed by atoms with van der Waals surface area (Å²) in [4.78, 5) is 32.5. The van der Waals surface area contributed by atoms with E-state index in [1.807, 2.05) is 0 Å². The molecule has 2 aliphatic rings. The summed E-state index contributed by atoms with van der Waals surface area (Å²) < 4.78 is 5.25. The third kappa shape index (κ3) is 5.22. The Balaban J connectivity index is 1.64. The molecule has 0 saturated carbocycles. The van der Waals surface area contributed by atoms with Crippen LogP contribution in [0.2, 0.25) is 0 Å². The smallest absolute Gasteiger partial charge is 0.224 e. The zero-order chi connectivity index (χ0) is 20.9. The predicted octanol–water partition coefficient (Wildman–Crippen LogP) is 2.05. The molecular formula is C20H26N6O3. The van der Waals surface area contributed by atoms with Gasteiger partial charge < -0.3 is 19.9 Å². The van der Waals surface area contributed by atoms with E-state index in [0.29, 0.717) is 69.2 Å². The molecule has 29 heavy (non-hydrogen) atoms. The van der Waals surface area contributed by atoms with Gasteiger partial charge in [0.05, 0.1) is 12.8 Å². The predicted molar refractivity (Wildman–Crippen MR) is 109 cm³/mol. The van der Waals surface area contributed by atoms with Gasteiger partial charge in [0, 0.05) is 64.9 Å². The minimum absolute atomic E-state index is 0.0615. The quantitative estimate of drug-likeness (QED) is 0.676. The van der Waals surface area contributed by atoms with Crippen LogP contribution in [0.15, 0.2) is 22.4 Å². The van der Waals surface area contributed by atoms with Gasteiger partial charge >= 0.3 is 0 Å². The van der Waals surface area contributed by atoms with Crippen molar-refractivity contribution < 1.29 is 14.3 Å². The number of nitrogens with zero attached hydrogens (tertiary/aromatic N) is 5. The highest BCUT2D eigenvalue weighted by molar-refractivity contribution is 5.93. The first-order valence-electron chi connectivity index (χ1n) is 9.69. The molecule has 1 aromatic rings. The summed E-state index contributed by atoms with van der Waals surface area (Å²) in [7, 11) is 1.55. The lowest BCUT2D eigenvalue weighted by molar-refractivity contribution is -0.129. The Morgan fingerprint density at radius 1 is 1.24 bits per heavy atom. The Kier molecular flexibility index (Phi) is 6.32. The Hall–Kier alpha value is -3.15. The van der Waals surface area contributed by atoms with Gasteiger partial charge in [0.25, 0.3) is 0 Å².